The molecule has 0 aliphatic rings. The fourth-order valence-electron chi connectivity index (χ4n) is 0.931. The summed E-state index contributed by atoms with van der Waals surface area (Å²) in [5.74, 6) is 0. The molecule has 0 aliphatic carbocycles. The third kappa shape index (κ3) is 2.37. The Morgan fingerprint density at radius 3 is 2.08 bits per heavy atom. The second-order valence-corrected chi connectivity index (χ2v) is 4.76. The summed E-state index contributed by atoms with van der Waals surface area (Å²) in [6.45, 7) is 1.79. The van der Waals surface area contributed by atoms with Crippen LogP contribution in [0, 0.1) is 6.92 Å². The van der Waals surface area contributed by atoms with E-state index in [1.165, 1.54) is 0 Å². The first-order valence-electron chi connectivity index (χ1n) is 3.37. The van der Waals surface area contributed by atoms with Gasteiger partial charge in [-0.15, -0.1) is 23.2 Å². The molecule has 5 heteroatoms. The molecule has 0 heterocycles. The van der Waals surface area contributed by atoms with Crippen LogP contribution in [-0.4, -0.2) is 0 Å². The van der Waals surface area contributed by atoms with E-state index in [4.69, 9.17) is 58.0 Å². The van der Waals surface area contributed by atoms with E-state index in [0.717, 1.165) is 5.56 Å². The predicted molar refractivity (Wildman–Crippen MR) is 60.7 cm³/mol. The highest BCUT2D eigenvalue weighted by Crippen LogP contribution is 2.39. The number of halogens is 5. The molecule has 1 aromatic carbocycles. The molecule has 1 rings (SSSR count). The topological polar surface area (TPSA) is 0 Å². The van der Waals surface area contributed by atoms with Crippen LogP contribution in [0.1, 0.15) is 16.0 Å². The Morgan fingerprint density at radius 2 is 1.62 bits per heavy atom. The molecular formula is C8H5Cl5. The van der Waals surface area contributed by atoms with Gasteiger partial charge in [-0.1, -0.05) is 34.8 Å². The summed E-state index contributed by atoms with van der Waals surface area (Å²) < 4.78 is 0. The van der Waals surface area contributed by atoms with Gasteiger partial charge in [-0.3, -0.25) is 0 Å². The van der Waals surface area contributed by atoms with Crippen LogP contribution in [0.5, 0.6) is 0 Å². The smallest absolute Gasteiger partial charge is 0.100 e. The summed E-state index contributed by atoms with van der Waals surface area (Å²) in [7, 11) is 0. The van der Waals surface area contributed by atoms with Crippen molar-refractivity contribution in [2.24, 2.45) is 0 Å². The van der Waals surface area contributed by atoms with Gasteiger partial charge in [0.15, 0.2) is 0 Å². The number of benzene rings is 1. The van der Waals surface area contributed by atoms with Gasteiger partial charge in [-0.25, -0.2) is 0 Å². The van der Waals surface area contributed by atoms with Crippen molar-refractivity contribution in [2.75, 3.05) is 0 Å². The van der Waals surface area contributed by atoms with Crippen molar-refractivity contribution in [3.8, 4) is 0 Å². The lowest BCUT2D eigenvalue weighted by molar-refractivity contribution is 1.27. The molecule has 0 aliphatic heterocycles. The second-order valence-electron chi connectivity index (χ2n) is 2.50. The van der Waals surface area contributed by atoms with Gasteiger partial charge in [-0.05, 0) is 24.1 Å². The Morgan fingerprint density at radius 1 is 1.08 bits per heavy atom. The van der Waals surface area contributed by atoms with Crippen LogP contribution < -0.4 is 0 Å². The SMILES string of the molecule is Cc1c(C(Cl)Cl)cc(Cl)c(Cl)c1Cl. The molecule has 0 N–H and O–H groups in total. The summed E-state index contributed by atoms with van der Waals surface area (Å²) >= 11 is 28.9. The van der Waals surface area contributed by atoms with E-state index in [9.17, 15) is 0 Å². The van der Waals surface area contributed by atoms with Crippen LogP contribution in [0.2, 0.25) is 15.1 Å². The molecule has 0 saturated carbocycles. The summed E-state index contributed by atoms with van der Waals surface area (Å²) in [6.07, 6.45) is 0. The van der Waals surface area contributed by atoms with Crippen molar-refractivity contribution in [2.45, 2.75) is 11.8 Å². The Labute approximate surface area is 102 Å². The van der Waals surface area contributed by atoms with E-state index < -0.39 is 4.84 Å². The number of hydrogen-bond acceptors (Lipinski definition) is 0. The highest BCUT2D eigenvalue weighted by molar-refractivity contribution is 6.49. The number of rotatable bonds is 1. The maximum Gasteiger partial charge on any atom is 0.133 e. The number of hydrogen-bond donors (Lipinski definition) is 0. The molecule has 13 heavy (non-hydrogen) atoms. The minimum absolute atomic E-state index is 0.332. The first-order chi connectivity index (χ1) is 5.95. The predicted octanol–water partition coefficient (Wildman–Crippen LogP) is 5.43. The third-order valence-electron chi connectivity index (χ3n) is 1.68. The van der Waals surface area contributed by atoms with E-state index in [1.807, 2.05) is 0 Å². The number of alkyl halides is 2. The van der Waals surface area contributed by atoms with Gasteiger partial charge in [0, 0.05) is 0 Å². The molecule has 1 aromatic rings. The van der Waals surface area contributed by atoms with Crippen LogP contribution in [-0.2, 0) is 0 Å². The summed E-state index contributed by atoms with van der Waals surface area (Å²) in [6, 6.07) is 1.62. The quantitative estimate of drug-likeness (QED) is 0.474. The average molecular weight is 278 g/mol. The van der Waals surface area contributed by atoms with E-state index in [1.54, 1.807) is 13.0 Å². The second kappa shape index (κ2) is 4.46. The highest BCUT2D eigenvalue weighted by Gasteiger charge is 2.15. The zero-order valence-electron chi connectivity index (χ0n) is 6.54. The van der Waals surface area contributed by atoms with Crippen LogP contribution in [0.15, 0.2) is 6.07 Å². The lowest BCUT2D eigenvalue weighted by Gasteiger charge is -2.10. The minimum Gasteiger partial charge on any atom is -0.100 e. The van der Waals surface area contributed by atoms with Gasteiger partial charge < -0.3 is 0 Å². The molecule has 0 bridgehead atoms. The summed E-state index contributed by atoms with van der Waals surface area (Å²) in [4.78, 5) is -0.646. The molecule has 0 atom stereocenters. The molecule has 0 radical (unpaired) electrons. The zero-order chi connectivity index (χ0) is 10.2. The van der Waals surface area contributed by atoms with Crippen molar-refractivity contribution in [3.63, 3.8) is 0 Å². The minimum atomic E-state index is -0.646. The first-order valence-corrected chi connectivity index (χ1v) is 5.38. The fraction of sp³-hybridized carbons (Fsp3) is 0.250. The molecule has 0 unspecified atom stereocenters. The fourth-order valence-corrected chi connectivity index (χ4v) is 2.05. The Kier molecular flexibility index (Phi) is 4.03. The van der Waals surface area contributed by atoms with E-state index in [2.05, 4.69) is 0 Å². The lowest BCUT2D eigenvalue weighted by atomic mass is 10.1. The van der Waals surface area contributed by atoms with Crippen LogP contribution in [0.25, 0.3) is 0 Å². The van der Waals surface area contributed by atoms with Crippen molar-refractivity contribution in [1.29, 1.82) is 0 Å². The third-order valence-corrected chi connectivity index (χ3v) is 3.51. The van der Waals surface area contributed by atoms with Gasteiger partial charge in [0.05, 0.1) is 15.1 Å². The average Bonchev–Trinajstić information content (AvgIpc) is 2.07. The van der Waals surface area contributed by atoms with Gasteiger partial charge in [0.1, 0.15) is 4.84 Å². The van der Waals surface area contributed by atoms with Gasteiger partial charge in [-0.2, -0.15) is 0 Å². The van der Waals surface area contributed by atoms with Gasteiger partial charge in [0.2, 0.25) is 0 Å². The molecule has 0 nitrogen and oxygen atoms in total. The van der Waals surface area contributed by atoms with E-state index in [-0.39, 0.29) is 0 Å². The van der Waals surface area contributed by atoms with Gasteiger partial charge in [0.25, 0.3) is 0 Å². The maximum absolute atomic E-state index is 5.90. The molecule has 0 fully saturated rings. The van der Waals surface area contributed by atoms with Crippen LogP contribution in [0.4, 0.5) is 0 Å². The molecule has 0 amide bonds. The van der Waals surface area contributed by atoms with Crippen molar-refractivity contribution >= 4 is 58.0 Å². The summed E-state index contributed by atoms with van der Waals surface area (Å²) in [5.41, 5.74) is 1.44. The van der Waals surface area contributed by atoms with Crippen molar-refractivity contribution in [1.82, 2.24) is 0 Å². The largest absolute Gasteiger partial charge is 0.133 e. The lowest BCUT2D eigenvalue weighted by Crippen LogP contribution is -1.90. The molecular weight excluding hydrogens is 273 g/mol. The molecule has 0 saturated heterocycles. The normalized spacial score (nSPS) is 11.0. The summed E-state index contributed by atoms with van der Waals surface area (Å²) in [5, 5.41) is 1.09. The zero-order valence-corrected chi connectivity index (χ0v) is 10.3. The van der Waals surface area contributed by atoms with Crippen molar-refractivity contribution in [3.05, 3.63) is 32.3 Å². The molecule has 0 aromatic heterocycles. The Balaban J connectivity index is 3.41. The highest BCUT2D eigenvalue weighted by atomic mass is 35.5. The van der Waals surface area contributed by atoms with Crippen molar-refractivity contribution < 1.29 is 0 Å². The molecule has 0 spiro atoms. The van der Waals surface area contributed by atoms with Crippen LogP contribution >= 0.6 is 58.0 Å². The van der Waals surface area contributed by atoms with Crippen LogP contribution in [0.3, 0.4) is 0 Å². The van der Waals surface area contributed by atoms with E-state index >= 15 is 0 Å². The Hall–Kier alpha value is 0.670. The molecule has 72 valence electrons. The Bertz CT molecular complexity index is 332. The van der Waals surface area contributed by atoms with E-state index in [0.29, 0.717) is 20.6 Å². The first kappa shape index (κ1) is 11.7. The monoisotopic (exact) mass is 276 g/mol. The standard InChI is InChI=1S/C8H5Cl5/c1-3-4(8(12)13)2-5(9)7(11)6(3)10/h2,8H,1H3. The maximum atomic E-state index is 5.90. The van der Waals surface area contributed by atoms with Gasteiger partial charge >= 0.3 is 0 Å².